The number of hydrogen-bond donors (Lipinski definition) is 1. The minimum absolute atomic E-state index is 0.0761. The molecule has 0 aliphatic carbocycles. The summed E-state index contributed by atoms with van der Waals surface area (Å²) in [5.41, 5.74) is -0.208. The minimum Gasteiger partial charge on any atom is -0.481 e. The molecule has 0 spiro atoms. The van der Waals surface area contributed by atoms with Gasteiger partial charge in [-0.3, -0.25) is 4.79 Å². The molecule has 110 valence electrons. The Bertz CT molecular complexity index is 584. The van der Waals surface area contributed by atoms with Crippen molar-refractivity contribution in [1.82, 2.24) is 4.31 Å². The smallest absolute Gasteiger partial charge is 0.311 e. The van der Waals surface area contributed by atoms with Crippen LogP contribution in [0.25, 0.3) is 0 Å². The zero-order valence-electron chi connectivity index (χ0n) is 11.4. The molecule has 1 N–H and O–H groups in total. The van der Waals surface area contributed by atoms with E-state index in [9.17, 15) is 18.3 Å². The first-order chi connectivity index (χ1) is 9.39. The predicted molar refractivity (Wildman–Crippen MR) is 75.6 cm³/mol. The first kappa shape index (κ1) is 15.0. The van der Waals surface area contributed by atoms with Crippen molar-refractivity contribution in [3.05, 3.63) is 35.9 Å². The van der Waals surface area contributed by atoms with Gasteiger partial charge in [0.05, 0.1) is 11.2 Å². The Morgan fingerprint density at radius 2 is 2.00 bits per heavy atom. The summed E-state index contributed by atoms with van der Waals surface area (Å²) in [5, 5.41) is 9.32. The van der Waals surface area contributed by atoms with Gasteiger partial charge in [0.2, 0.25) is 10.0 Å². The minimum atomic E-state index is -3.46. The summed E-state index contributed by atoms with van der Waals surface area (Å²) in [6, 6.07) is 8.94. The highest BCUT2D eigenvalue weighted by molar-refractivity contribution is 7.88. The zero-order chi connectivity index (χ0) is 14.8. The molecule has 1 heterocycles. The molecule has 0 saturated carbocycles. The average molecular weight is 297 g/mol. The maximum atomic E-state index is 12.4. The Kier molecular flexibility index (Phi) is 4.15. The highest BCUT2D eigenvalue weighted by Crippen LogP contribution is 2.36. The van der Waals surface area contributed by atoms with E-state index in [-0.39, 0.29) is 18.8 Å². The molecule has 1 fully saturated rings. The van der Waals surface area contributed by atoms with Crippen molar-refractivity contribution >= 4 is 16.0 Å². The van der Waals surface area contributed by atoms with Crippen LogP contribution in [-0.2, 0) is 20.6 Å². The number of sulfonamides is 1. The second kappa shape index (κ2) is 5.54. The van der Waals surface area contributed by atoms with E-state index in [1.165, 1.54) is 4.31 Å². The molecule has 1 aliphatic heterocycles. The number of rotatable bonds is 5. The predicted octanol–water partition coefficient (Wildman–Crippen LogP) is 1.70. The van der Waals surface area contributed by atoms with Crippen LogP contribution < -0.4 is 0 Å². The fraction of sp³-hybridized carbons (Fsp3) is 0.500. The summed E-state index contributed by atoms with van der Waals surface area (Å²) in [7, 11) is -3.46. The fourth-order valence-electron chi connectivity index (χ4n) is 2.56. The molecule has 0 amide bonds. The molecule has 1 atom stereocenters. The number of carboxylic acids is 1. The molecule has 1 aromatic carbocycles. The standard InChI is InChI=1S/C14H19NO4S/c1-2-14(13(16)17)8-9-15(11-14)20(18,19)10-12-6-4-3-5-7-12/h3-7H,2,8-11H2,1H3,(H,16,17). The van der Waals surface area contributed by atoms with E-state index in [0.29, 0.717) is 12.8 Å². The van der Waals surface area contributed by atoms with E-state index >= 15 is 0 Å². The van der Waals surface area contributed by atoms with Crippen molar-refractivity contribution in [2.75, 3.05) is 13.1 Å². The summed E-state index contributed by atoms with van der Waals surface area (Å²) in [6.45, 7) is 2.16. The van der Waals surface area contributed by atoms with Crippen LogP contribution in [0.15, 0.2) is 30.3 Å². The Hall–Kier alpha value is -1.40. The van der Waals surface area contributed by atoms with E-state index in [1.807, 2.05) is 6.07 Å². The lowest BCUT2D eigenvalue weighted by atomic mass is 9.85. The topological polar surface area (TPSA) is 74.7 Å². The highest BCUT2D eigenvalue weighted by atomic mass is 32.2. The lowest BCUT2D eigenvalue weighted by Gasteiger charge is -2.23. The van der Waals surface area contributed by atoms with Crippen molar-refractivity contribution in [2.24, 2.45) is 5.41 Å². The van der Waals surface area contributed by atoms with E-state index in [2.05, 4.69) is 0 Å². The Labute approximate surface area is 119 Å². The average Bonchev–Trinajstić information content (AvgIpc) is 2.86. The van der Waals surface area contributed by atoms with Gasteiger partial charge >= 0.3 is 5.97 Å². The molecular formula is C14H19NO4S. The van der Waals surface area contributed by atoms with Gasteiger partial charge in [0.1, 0.15) is 0 Å². The van der Waals surface area contributed by atoms with Crippen molar-refractivity contribution in [3.63, 3.8) is 0 Å². The number of aliphatic carboxylic acids is 1. The molecule has 0 radical (unpaired) electrons. The first-order valence-corrected chi connectivity index (χ1v) is 8.26. The summed E-state index contributed by atoms with van der Waals surface area (Å²) < 4.78 is 26.0. The number of benzene rings is 1. The van der Waals surface area contributed by atoms with Gasteiger partial charge in [-0.25, -0.2) is 12.7 Å². The van der Waals surface area contributed by atoms with E-state index in [1.54, 1.807) is 31.2 Å². The number of carbonyl (C=O) groups is 1. The summed E-state index contributed by atoms with van der Waals surface area (Å²) in [5.74, 6) is -0.981. The first-order valence-electron chi connectivity index (χ1n) is 6.65. The molecule has 2 rings (SSSR count). The second-order valence-corrected chi connectivity index (χ2v) is 7.23. The van der Waals surface area contributed by atoms with Crippen molar-refractivity contribution in [3.8, 4) is 0 Å². The van der Waals surface area contributed by atoms with Gasteiger partial charge in [-0.2, -0.15) is 0 Å². The van der Waals surface area contributed by atoms with Crippen molar-refractivity contribution in [2.45, 2.75) is 25.5 Å². The van der Waals surface area contributed by atoms with E-state index in [4.69, 9.17) is 0 Å². The van der Waals surface area contributed by atoms with Crippen LogP contribution in [-0.4, -0.2) is 36.9 Å². The molecule has 1 aromatic rings. The van der Waals surface area contributed by atoms with Gasteiger partial charge in [-0.05, 0) is 18.4 Å². The van der Waals surface area contributed by atoms with Crippen LogP contribution in [0.5, 0.6) is 0 Å². The molecule has 6 heteroatoms. The molecule has 5 nitrogen and oxygen atoms in total. The third kappa shape index (κ3) is 2.86. The van der Waals surface area contributed by atoms with Crippen LogP contribution >= 0.6 is 0 Å². The lowest BCUT2D eigenvalue weighted by Crippen LogP contribution is -2.37. The van der Waals surface area contributed by atoms with E-state index in [0.717, 1.165) is 5.56 Å². The van der Waals surface area contributed by atoms with Gasteiger partial charge < -0.3 is 5.11 Å². The maximum Gasteiger partial charge on any atom is 0.311 e. The molecule has 0 aromatic heterocycles. The monoisotopic (exact) mass is 297 g/mol. The molecule has 1 aliphatic rings. The van der Waals surface area contributed by atoms with Gasteiger partial charge in [0, 0.05) is 13.1 Å². The lowest BCUT2D eigenvalue weighted by molar-refractivity contribution is -0.148. The maximum absolute atomic E-state index is 12.4. The third-order valence-corrected chi connectivity index (χ3v) is 5.83. The van der Waals surface area contributed by atoms with Crippen molar-refractivity contribution in [1.29, 1.82) is 0 Å². The summed E-state index contributed by atoms with van der Waals surface area (Å²) >= 11 is 0. The number of hydrogen-bond acceptors (Lipinski definition) is 3. The van der Waals surface area contributed by atoms with Crippen molar-refractivity contribution < 1.29 is 18.3 Å². The Balaban J connectivity index is 2.15. The molecule has 1 unspecified atom stereocenters. The highest BCUT2D eigenvalue weighted by Gasteiger charge is 2.46. The quantitative estimate of drug-likeness (QED) is 0.897. The SMILES string of the molecule is CCC1(C(=O)O)CCN(S(=O)(=O)Cc2ccccc2)C1. The third-order valence-electron chi connectivity index (χ3n) is 4.03. The molecule has 0 bridgehead atoms. The largest absolute Gasteiger partial charge is 0.481 e. The fourth-order valence-corrected chi connectivity index (χ4v) is 4.17. The van der Waals surface area contributed by atoms with E-state index < -0.39 is 21.4 Å². The van der Waals surface area contributed by atoms with Gasteiger partial charge in [-0.1, -0.05) is 37.3 Å². The molecular weight excluding hydrogens is 278 g/mol. The van der Waals surface area contributed by atoms with Gasteiger partial charge in [0.25, 0.3) is 0 Å². The molecule has 1 saturated heterocycles. The second-order valence-electron chi connectivity index (χ2n) is 5.26. The summed E-state index contributed by atoms with van der Waals surface area (Å²) in [4.78, 5) is 11.4. The van der Waals surface area contributed by atoms with Crippen LogP contribution in [0.2, 0.25) is 0 Å². The summed E-state index contributed by atoms with van der Waals surface area (Å²) in [6.07, 6.45) is 0.826. The number of nitrogens with zero attached hydrogens (tertiary/aromatic N) is 1. The zero-order valence-corrected chi connectivity index (χ0v) is 12.3. The van der Waals surface area contributed by atoms with Crippen LogP contribution in [0.4, 0.5) is 0 Å². The van der Waals surface area contributed by atoms with Crippen LogP contribution in [0, 0.1) is 5.41 Å². The van der Waals surface area contributed by atoms with Crippen LogP contribution in [0.3, 0.4) is 0 Å². The Morgan fingerprint density at radius 3 is 2.50 bits per heavy atom. The molecule has 20 heavy (non-hydrogen) atoms. The Morgan fingerprint density at radius 1 is 1.35 bits per heavy atom. The van der Waals surface area contributed by atoms with Gasteiger partial charge in [-0.15, -0.1) is 0 Å². The van der Waals surface area contributed by atoms with Gasteiger partial charge in [0.15, 0.2) is 0 Å². The van der Waals surface area contributed by atoms with Crippen LogP contribution in [0.1, 0.15) is 25.3 Å². The normalized spacial score (nSPS) is 23.9. The number of carboxylic acid groups (broad SMARTS) is 1.